The number of nitrogens with one attached hydrogen (secondary N) is 1. The van der Waals surface area contributed by atoms with Crippen LogP contribution in [-0.4, -0.2) is 16.0 Å². The Bertz CT molecular complexity index is 551. The monoisotopic (exact) mass is 257 g/mol. The summed E-state index contributed by atoms with van der Waals surface area (Å²) in [6.07, 6.45) is 2.37. The van der Waals surface area contributed by atoms with Crippen LogP contribution in [0.15, 0.2) is 24.3 Å². The molecule has 2 atom stereocenters. The molecule has 1 heterocycles. The molecule has 0 radical (unpaired) electrons. The highest BCUT2D eigenvalue weighted by Gasteiger charge is 2.10. The fourth-order valence-electron chi connectivity index (χ4n) is 2.29. The number of hydrogen-bond donors (Lipinski definition) is 1. The summed E-state index contributed by atoms with van der Waals surface area (Å²) >= 11 is 0. The van der Waals surface area contributed by atoms with Crippen LogP contribution in [0.2, 0.25) is 0 Å². The van der Waals surface area contributed by atoms with E-state index in [2.05, 4.69) is 36.1 Å². The second-order valence-corrected chi connectivity index (χ2v) is 5.44. The van der Waals surface area contributed by atoms with E-state index in [1.807, 2.05) is 31.2 Å². The summed E-state index contributed by atoms with van der Waals surface area (Å²) in [5.74, 6) is 1.64. The fraction of sp³-hybridized carbons (Fsp3) is 0.500. The normalized spacial score (nSPS) is 14.3. The van der Waals surface area contributed by atoms with Crippen LogP contribution in [0, 0.1) is 12.8 Å². The highest BCUT2D eigenvalue weighted by atomic mass is 15.0. The molecule has 1 N–H and O–H groups in total. The van der Waals surface area contributed by atoms with Crippen molar-refractivity contribution in [3.8, 4) is 0 Å². The summed E-state index contributed by atoms with van der Waals surface area (Å²) < 4.78 is 0. The van der Waals surface area contributed by atoms with E-state index in [0.717, 1.165) is 34.9 Å². The van der Waals surface area contributed by atoms with Crippen LogP contribution in [0.25, 0.3) is 11.0 Å². The van der Waals surface area contributed by atoms with Gasteiger partial charge < -0.3 is 5.32 Å². The van der Waals surface area contributed by atoms with E-state index in [1.165, 1.54) is 6.42 Å². The molecule has 0 amide bonds. The molecule has 0 fully saturated rings. The molecule has 2 unspecified atom stereocenters. The average Bonchev–Trinajstić information content (AvgIpc) is 2.39. The van der Waals surface area contributed by atoms with Crippen molar-refractivity contribution in [3.05, 3.63) is 30.0 Å². The third-order valence-corrected chi connectivity index (χ3v) is 3.58. The van der Waals surface area contributed by atoms with E-state index in [9.17, 15) is 0 Å². The Balaban J connectivity index is 2.18. The van der Waals surface area contributed by atoms with Gasteiger partial charge in [-0.15, -0.1) is 0 Å². The van der Waals surface area contributed by atoms with Gasteiger partial charge in [0, 0.05) is 6.04 Å². The summed E-state index contributed by atoms with van der Waals surface area (Å²) in [6.45, 7) is 8.75. The van der Waals surface area contributed by atoms with Crippen LogP contribution in [0.4, 0.5) is 5.82 Å². The van der Waals surface area contributed by atoms with Gasteiger partial charge in [-0.1, -0.05) is 32.4 Å². The number of rotatable bonds is 5. The van der Waals surface area contributed by atoms with Gasteiger partial charge in [-0.05, 0) is 38.3 Å². The molecule has 19 heavy (non-hydrogen) atoms. The van der Waals surface area contributed by atoms with E-state index in [1.54, 1.807) is 0 Å². The first-order valence-corrected chi connectivity index (χ1v) is 7.10. The van der Waals surface area contributed by atoms with E-state index in [0.29, 0.717) is 6.04 Å². The lowest BCUT2D eigenvalue weighted by Gasteiger charge is -2.19. The minimum atomic E-state index is 0.420. The number of hydrogen-bond acceptors (Lipinski definition) is 3. The molecule has 2 rings (SSSR count). The van der Waals surface area contributed by atoms with Crippen molar-refractivity contribution in [1.82, 2.24) is 9.97 Å². The Morgan fingerprint density at radius 1 is 1.11 bits per heavy atom. The maximum absolute atomic E-state index is 4.67. The summed E-state index contributed by atoms with van der Waals surface area (Å²) in [5, 5.41) is 3.49. The molecular formula is C16H23N3. The second kappa shape index (κ2) is 6.00. The third kappa shape index (κ3) is 3.43. The van der Waals surface area contributed by atoms with Crippen LogP contribution >= 0.6 is 0 Å². The lowest BCUT2D eigenvalue weighted by atomic mass is 10.0. The topological polar surface area (TPSA) is 37.8 Å². The van der Waals surface area contributed by atoms with Crippen LogP contribution in [0.3, 0.4) is 0 Å². The first-order chi connectivity index (χ1) is 9.10. The molecule has 0 saturated heterocycles. The van der Waals surface area contributed by atoms with Crippen molar-refractivity contribution in [1.29, 1.82) is 0 Å². The van der Waals surface area contributed by atoms with Gasteiger partial charge >= 0.3 is 0 Å². The Kier molecular flexibility index (Phi) is 4.35. The number of anilines is 1. The first kappa shape index (κ1) is 13.8. The van der Waals surface area contributed by atoms with E-state index in [4.69, 9.17) is 0 Å². The first-order valence-electron chi connectivity index (χ1n) is 7.10. The zero-order valence-corrected chi connectivity index (χ0v) is 12.3. The van der Waals surface area contributed by atoms with Gasteiger partial charge in [-0.3, -0.25) is 0 Å². The molecule has 3 nitrogen and oxygen atoms in total. The molecule has 0 bridgehead atoms. The van der Waals surface area contributed by atoms with Crippen molar-refractivity contribution >= 4 is 16.9 Å². The zero-order chi connectivity index (χ0) is 13.8. The second-order valence-electron chi connectivity index (χ2n) is 5.44. The lowest BCUT2D eigenvalue weighted by Crippen LogP contribution is -2.20. The van der Waals surface area contributed by atoms with Gasteiger partial charge in [0.05, 0.1) is 16.7 Å². The van der Waals surface area contributed by atoms with Crippen LogP contribution in [-0.2, 0) is 0 Å². The van der Waals surface area contributed by atoms with Gasteiger partial charge in [0.2, 0.25) is 0 Å². The van der Waals surface area contributed by atoms with Crippen LogP contribution < -0.4 is 5.32 Å². The molecule has 0 aliphatic carbocycles. The average molecular weight is 257 g/mol. The number of fused-ring (bicyclic) bond motifs is 1. The van der Waals surface area contributed by atoms with E-state index in [-0.39, 0.29) is 0 Å². The number of para-hydroxylation sites is 2. The Labute approximate surface area is 115 Å². The highest BCUT2D eigenvalue weighted by molar-refractivity contribution is 5.76. The molecule has 2 aromatic rings. The van der Waals surface area contributed by atoms with Crippen molar-refractivity contribution in [2.24, 2.45) is 5.92 Å². The van der Waals surface area contributed by atoms with Gasteiger partial charge in [-0.2, -0.15) is 0 Å². The molecule has 1 aromatic heterocycles. The highest BCUT2D eigenvalue weighted by Crippen LogP contribution is 2.19. The minimum Gasteiger partial charge on any atom is -0.366 e. The summed E-state index contributed by atoms with van der Waals surface area (Å²) in [6, 6.07) is 8.42. The molecule has 0 spiro atoms. The van der Waals surface area contributed by atoms with E-state index < -0.39 is 0 Å². The van der Waals surface area contributed by atoms with Gasteiger partial charge in [0.15, 0.2) is 0 Å². The standard InChI is InChI=1S/C16H23N3/c1-5-11(2)10-12(3)17-16-13(4)18-14-8-6-7-9-15(14)19-16/h6-9,11-12H,5,10H2,1-4H3,(H,17,19). The van der Waals surface area contributed by atoms with Crippen molar-refractivity contribution < 1.29 is 0 Å². The zero-order valence-electron chi connectivity index (χ0n) is 12.3. The Morgan fingerprint density at radius 3 is 2.37 bits per heavy atom. The SMILES string of the molecule is CCC(C)CC(C)Nc1nc2ccccc2nc1C. The summed E-state index contributed by atoms with van der Waals surface area (Å²) in [7, 11) is 0. The van der Waals surface area contributed by atoms with Gasteiger partial charge in [-0.25, -0.2) is 9.97 Å². The smallest absolute Gasteiger partial charge is 0.148 e. The molecule has 3 heteroatoms. The number of aromatic nitrogens is 2. The molecule has 0 aliphatic rings. The Morgan fingerprint density at radius 2 is 1.74 bits per heavy atom. The van der Waals surface area contributed by atoms with Crippen molar-refractivity contribution in [2.45, 2.75) is 46.6 Å². The van der Waals surface area contributed by atoms with Gasteiger partial charge in [0.25, 0.3) is 0 Å². The third-order valence-electron chi connectivity index (χ3n) is 3.58. The maximum atomic E-state index is 4.67. The molecule has 1 aromatic carbocycles. The molecule has 0 saturated carbocycles. The van der Waals surface area contributed by atoms with Gasteiger partial charge in [0.1, 0.15) is 5.82 Å². The predicted octanol–water partition coefficient (Wildman–Crippen LogP) is 4.17. The molecule has 0 aliphatic heterocycles. The summed E-state index contributed by atoms with van der Waals surface area (Å²) in [4.78, 5) is 9.28. The summed E-state index contributed by atoms with van der Waals surface area (Å²) in [5.41, 5.74) is 2.88. The van der Waals surface area contributed by atoms with Crippen molar-refractivity contribution in [2.75, 3.05) is 5.32 Å². The predicted molar refractivity (Wildman–Crippen MR) is 81.4 cm³/mol. The lowest BCUT2D eigenvalue weighted by molar-refractivity contribution is 0.483. The van der Waals surface area contributed by atoms with Crippen molar-refractivity contribution in [3.63, 3.8) is 0 Å². The number of nitrogens with zero attached hydrogens (tertiary/aromatic N) is 2. The molecule has 102 valence electrons. The quantitative estimate of drug-likeness (QED) is 0.873. The largest absolute Gasteiger partial charge is 0.366 e. The number of aryl methyl sites for hydroxylation is 1. The Hall–Kier alpha value is -1.64. The van der Waals surface area contributed by atoms with Crippen LogP contribution in [0.5, 0.6) is 0 Å². The maximum Gasteiger partial charge on any atom is 0.148 e. The molecular weight excluding hydrogens is 234 g/mol. The fourth-order valence-corrected chi connectivity index (χ4v) is 2.29. The van der Waals surface area contributed by atoms with Crippen LogP contribution in [0.1, 0.15) is 39.3 Å². The minimum absolute atomic E-state index is 0.420. The number of benzene rings is 1. The van der Waals surface area contributed by atoms with E-state index >= 15 is 0 Å².